The highest BCUT2D eigenvalue weighted by Gasteiger charge is 2.20. The molecular formula is C28H26N2O4. The second-order valence-electron chi connectivity index (χ2n) is 7.74. The number of aromatic nitrogens is 2. The quantitative estimate of drug-likeness (QED) is 0.308. The topological polar surface area (TPSA) is 70.5 Å². The van der Waals surface area contributed by atoms with Crippen LogP contribution >= 0.6 is 0 Å². The summed E-state index contributed by atoms with van der Waals surface area (Å²) in [6, 6.07) is 22.8. The number of ketones is 1. The molecule has 0 atom stereocenters. The molecule has 6 nitrogen and oxygen atoms in total. The normalized spacial score (nSPS) is 10.6. The van der Waals surface area contributed by atoms with Crippen molar-refractivity contribution in [3.8, 4) is 39.9 Å². The monoisotopic (exact) mass is 454 g/mol. The fraction of sp³-hybridized carbons (Fsp3) is 0.179. The summed E-state index contributed by atoms with van der Waals surface area (Å²) in [5.74, 6) is 2.54. The van der Waals surface area contributed by atoms with Crippen LogP contribution in [0.2, 0.25) is 0 Å². The van der Waals surface area contributed by atoms with Gasteiger partial charge in [-0.3, -0.25) is 4.79 Å². The van der Waals surface area contributed by atoms with Crippen molar-refractivity contribution in [1.82, 2.24) is 9.97 Å². The summed E-state index contributed by atoms with van der Waals surface area (Å²) in [4.78, 5) is 22.0. The number of carbonyl (C=O) groups is 1. The minimum atomic E-state index is -0.0874. The Labute approximate surface area is 199 Å². The van der Waals surface area contributed by atoms with E-state index < -0.39 is 0 Å². The Morgan fingerprint density at radius 1 is 0.824 bits per heavy atom. The van der Waals surface area contributed by atoms with Crippen molar-refractivity contribution in [1.29, 1.82) is 0 Å². The lowest BCUT2D eigenvalue weighted by Gasteiger charge is -2.15. The summed E-state index contributed by atoms with van der Waals surface area (Å²) in [7, 11) is 3.26. The first kappa shape index (κ1) is 23.0. The van der Waals surface area contributed by atoms with Gasteiger partial charge in [0.15, 0.2) is 11.6 Å². The zero-order valence-electron chi connectivity index (χ0n) is 19.7. The fourth-order valence-electron chi connectivity index (χ4n) is 3.83. The van der Waals surface area contributed by atoms with Gasteiger partial charge in [-0.25, -0.2) is 9.97 Å². The lowest BCUT2D eigenvalue weighted by molar-refractivity contribution is 0.101. The second kappa shape index (κ2) is 10.2. The predicted octanol–water partition coefficient (Wildman–Crippen LogP) is 5.92. The van der Waals surface area contributed by atoms with Crippen LogP contribution in [0.15, 0.2) is 72.8 Å². The highest BCUT2D eigenvalue weighted by Crippen LogP contribution is 2.33. The van der Waals surface area contributed by atoms with E-state index in [1.807, 2.05) is 79.7 Å². The molecule has 0 spiro atoms. The zero-order chi connectivity index (χ0) is 24.1. The number of benzene rings is 3. The molecule has 0 bridgehead atoms. The van der Waals surface area contributed by atoms with Crippen LogP contribution in [0.5, 0.6) is 17.2 Å². The van der Waals surface area contributed by atoms with Gasteiger partial charge in [0.05, 0.1) is 36.7 Å². The van der Waals surface area contributed by atoms with Crippen LogP contribution in [0.1, 0.15) is 28.5 Å². The lowest BCUT2D eigenvalue weighted by Crippen LogP contribution is -2.07. The molecule has 1 aromatic heterocycles. The SMILES string of the molecule is COc1ccc(-c2nc(-c3ccccc3OCc3ccccc3OC)nc(C)c2C(C)=O)cc1. The van der Waals surface area contributed by atoms with Crippen LogP contribution in [0, 0.1) is 6.92 Å². The molecule has 0 unspecified atom stereocenters. The molecule has 0 aliphatic rings. The Hall–Kier alpha value is -4.19. The Balaban J connectivity index is 1.76. The number of ether oxygens (including phenoxy) is 3. The second-order valence-corrected chi connectivity index (χ2v) is 7.74. The van der Waals surface area contributed by atoms with Crippen LogP contribution < -0.4 is 14.2 Å². The summed E-state index contributed by atoms with van der Waals surface area (Å²) in [6.45, 7) is 3.69. The van der Waals surface area contributed by atoms with Crippen molar-refractivity contribution < 1.29 is 19.0 Å². The minimum Gasteiger partial charge on any atom is -0.497 e. The lowest BCUT2D eigenvalue weighted by atomic mass is 10.0. The van der Waals surface area contributed by atoms with Gasteiger partial charge < -0.3 is 14.2 Å². The van der Waals surface area contributed by atoms with Crippen molar-refractivity contribution >= 4 is 5.78 Å². The third-order valence-corrected chi connectivity index (χ3v) is 5.51. The summed E-state index contributed by atoms with van der Waals surface area (Å²) in [5, 5.41) is 0. The number of hydrogen-bond acceptors (Lipinski definition) is 6. The standard InChI is InChI=1S/C28H26N2O4/c1-18-26(19(2)31)27(20-13-15-22(32-3)16-14-20)30-28(29-18)23-10-6-8-12-25(23)34-17-21-9-5-7-11-24(21)33-4/h5-16H,17H2,1-4H3. The van der Waals surface area contributed by atoms with Gasteiger partial charge in [0.2, 0.25) is 0 Å². The largest absolute Gasteiger partial charge is 0.497 e. The van der Waals surface area contributed by atoms with E-state index >= 15 is 0 Å². The maximum absolute atomic E-state index is 12.5. The van der Waals surface area contributed by atoms with E-state index in [4.69, 9.17) is 19.2 Å². The first-order valence-electron chi connectivity index (χ1n) is 10.9. The first-order chi connectivity index (χ1) is 16.5. The molecule has 0 N–H and O–H groups in total. The van der Waals surface area contributed by atoms with Gasteiger partial charge in [-0.05, 0) is 56.3 Å². The van der Waals surface area contributed by atoms with E-state index in [2.05, 4.69) is 4.98 Å². The fourth-order valence-corrected chi connectivity index (χ4v) is 3.83. The van der Waals surface area contributed by atoms with Crippen molar-refractivity contribution in [2.75, 3.05) is 14.2 Å². The molecule has 0 saturated heterocycles. The van der Waals surface area contributed by atoms with Gasteiger partial charge >= 0.3 is 0 Å². The molecule has 172 valence electrons. The number of Topliss-reactive ketones (excluding diaryl/α,β-unsaturated/α-hetero) is 1. The van der Waals surface area contributed by atoms with E-state index in [0.717, 1.165) is 28.2 Å². The molecule has 0 saturated carbocycles. The van der Waals surface area contributed by atoms with Crippen molar-refractivity contribution in [2.24, 2.45) is 0 Å². The van der Waals surface area contributed by atoms with E-state index in [-0.39, 0.29) is 5.78 Å². The van der Waals surface area contributed by atoms with Gasteiger partial charge in [-0.15, -0.1) is 0 Å². The molecule has 4 aromatic rings. The molecule has 4 rings (SSSR count). The van der Waals surface area contributed by atoms with Gasteiger partial charge in [0, 0.05) is 11.1 Å². The third kappa shape index (κ3) is 4.76. The number of para-hydroxylation sites is 2. The number of carbonyl (C=O) groups excluding carboxylic acids is 1. The Bertz CT molecular complexity index is 1320. The van der Waals surface area contributed by atoms with Crippen LogP contribution in [0.4, 0.5) is 0 Å². The van der Waals surface area contributed by atoms with Crippen LogP contribution in [-0.4, -0.2) is 30.0 Å². The Morgan fingerprint density at radius 2 is 1.50 bits per heavy atom. The summed E-state index contributed by atoms with van der Waals surface area (Å²) < 4.78 is 16.9. The Kier molecular flexibility index (Phi) is 6.87. The highest BCUT2D eigenvalue weighted by molar-refractivity contribution is 6.01. The van der Waals surface area contributed by atoms with E-state index in [1.165, 1.54) is 6.92 Å². The molecule has 0 aliphatic heterocycles. The Morgan fingerprint density at radius 3 is 2.18 bits per heavy atom. The van der Waals surface area contributed by atoms with Crippen molar-refractivity contribution in [3.63, 3.8) is 0 Å². The van der Waals surface area contributed by atoms with Gasteiger partial charge in [0.1, 0.15) is 23.9 Å². The molecule has 0 radical (unpaired) electrons. The minimum absolute atomic E-state index is 0.0874. The molecule has 0 fully saturated rings. The van der Waals surface area contributed by atoms with E-state index in [0.29, 0.717) is 35.1 Å². The third-order valence-electron chi connectivity index (χ3n) is 5.51. The van der Waals surface area contributed by atoms with E-state index in [1.54, 1.807) is 14.2 Å². The number of hydrogen-bond donors (Lipinski definition) is 0. The molecular weight excluding hydrogens is 428 g/mol. The molecule has 0 amide bonds. The maximum atomic E-state index is 12.5. The smallest absolute Gasteiger partial charge is 0.163 e. The molecule has 0 aliphatic carbocycles. The molecule has 1 heterocycles. The molecule has 34 heavy (non-hydrogen) atoms. The highest BCUT2D eigenvalue weighted by atomic mass is 16.5. The van der Waals surface area contributed by atoms with Crippen LogP contribution in [-0.2, 0) is 6.61 Å². The number of methoxy groups -OCH3 is 2. The number of rotatable bonds is 8. The van der Waals surface area contributed by atoms with Crippen molar-refractivity contribution in [2.45, 2.75) is 20.5 Å². The van der Waals surface area contributed by atoms with Gasteiger partial charge in [-0.2, -0.15) is 0 Å². The van der Waals surface area contributed by atoms with Gasteiger partial charge in [0.25, 0.3) is 0 Å². The van der Waals surface area contributed by atoms with Crippen molar-refractivity contribution in [3.05, 3.63) is 89.6 Å². The van der Waals surface area contributed by atoms with Crippen LogP contribution in [0.25, 0.3) is 22.6 Å². The summed E-state index contributed by atoms with van der Waals surface area (Å²) in [5.41, 5.74) is 4.18. The summed E-state index contributed by atoms with van der Waals surface area (Å²) >= 11 is 0. The molecule has 3 aromatic carbocycles. The van der Waals surface area contributed by atoms with Gasteiger partial charge in [-0.1, -0.05) is 30.3 Å². The average Bonchev–Trinajstić information content (AvgIpc) is 2.87. The maximum Gasteiger partial charge on any atom is 0.163 e. The van der Waals surface area contributed by atoms with E-state index in [9.17, 15) is 4.79 Å². The molecule has 6 heteroatoms. The number of nitrogens with zero attached hydrogens (tertiary/aromatic N) is 2. The predicted molar refractivity (Wildman–Crippen MR) is 132 cm³/mol. The van der Waals surface area contributed by atoms with Crippen LogP contribution in [0.3, 0.4) is 0 Å². The summed E-state index contributed by atoms with van der Waals surface area (Å²) in [6.07, 6.45) is 0. The number of aryl methyl sites for hydroxylation is 1. The zero-order valence-corrected chi connectivity index (χ0v) is 19.7. The first-order valence-corrected chi connectivity index (χ1v) is 10.9. The average molecular weight is 455 g/mol.